The maximum absolute atomic E-state index is 14.3. The van der Waals surface area contributed by atoms with Gasteiger partial charge in [0.15, 0.2) is 11.5 Å². The number of halogens is 3. The number of hydrogen-bond acceptors (Lipinski definition) is 3. The lowest BCUT2D eigenvalue weighted by Crippen LogP contribution is -2.33. The van der Waals surface area contributed by atoms with Crippen LogP contribution in [0.25, 0.3) is 0 Å². The highest BCUT2D eigenvalue weighted by molar-refractivity contribution is 6.35. The normalized spacial score (nSPS) is 10.6. The molecule has 7 heteroatoms. The molecular weight excluding hydrogens is 440 g/mol. The van der Waals surface area contributed by atoms with Crippen LogP contribution in [0.3, 0.4) is 0 Å². The average Bonchev–Trinajstić information content (AvgIpc) is 2.77. The zero-order valence-electron chi connectivity index (χ0n) is 17.2. The number of ether oxygens (including phenoxy) is 2. The summed E-state index contributed by atoms with van der Waals surface area (Å²) in [4.78, 5) is 14.8. The maximum Gasteiger partial charge on any atom is 0.257 e. The Hall–Kier alpha value is -2.76. The molecule has 0 aliphatic rings. The maximum atomic E-state index is 14.3. The van der Waals surface area contributed by atoms with Crippen molar-refractivity contribution in [2.75, 3.05) is 20.8 Å². The van der Waals surface area contributed by atoms with Crippen LogP contribution in [0, 0.1) is 5.82 Å². The number of methoxy groups -OCH3 is 2. The number of carbonyl (C=O) groups is 1. The molecule has 0 radical (unpaired) electrons. The second-order valence-electron chi connectivity index (χ2n) is 6.88. The van der Waals surface area contributed by atoms with E-state index in [1.165, 1.54) is 12.1 Å². The van der Waals surface area contributed by atoms with Crippen molar-refractivity contribution in [1.29, 1.82) is 0 Å². The summed E-state index contributed by atoms with van der Waals surface area (Å²) in [6.45, 7) is 0.599. The predicted octanol–water partition coefficient (Wildman–Crippen LogP) is 6.03. The fraction of sp³-hybridized carbons (Fsp3) is 0.208. The lowest BCUT2D eigenvalue weighted by molar-refractivity contribution is 0.0740. The quantitative estimate of drug-likeness (QED) is 0.410. The van der Waals surface area contributed by atoms with E-state index in [1.54, 1.807) is 55.5 Å². The van der Waals surface area contributed by atoms with E-state index >= 15 is 0 Å². The van der Waals surface area contributed by atoms with Gasteiger partial charge in [0.1, 0.15) is 5.82 Å². The average molecular weight is 462 g/mol. The van der Waals surface area contributed by atoms with Crippen molar-refractivity contribution in [3.8, 4) is 11.5 Å². The summed E-state index contributed by atoms with van der Waals surface area (Å²) in [5.41, 5.74) is 1.69. The van der Waals surface area contributed by atoms with E-state index in [9.17, 15) is 9.18 Å². The molecule has 0 spiro atoms. The molecule has 4 nitrogen and oxygen atoms in total. The summed E-state index contributed by atoms with van der Waals surface area (Å²) in [5, 5.41) is 1.07. The second kappa shape index (κ2) is 10.5. The van der Waals surface area contributed by atoms with Crippen LogP contribution < -0.4 is 9.47 Å². The van der Waals surface area contributed by atoms with Gasteiger partial charge in [-0.1, -0.05) is 47.5 Å². The highest BCUT2D eigenvalue weighted by Crippen LogP contribution is 2.29. The number of carbonyl (C=O) groups excluding carboxylic acids is 1. The number of benzene rings is 3. The van der Waals surface area contributed by atoms with Crippen molar-refractivity contribution in [3.05, 3.63) is 93.2 Å². The van der Waals surface area contributed by atoms with Gasteiger partial charge in [-0.15, -0.1) is 0 Å². The Morgan fingerprint density at radius 1 is 0.968 bits per heavy atom. The summed E-state index contributed by atoms with van der Waals surface area (Å²) in [6, 6.07) is 16.6. The molecule has 1 amide bonds. The Morgan fingerprint density at radius 2 is 1.71 bits per heavy atom. The van der Waals surface area contributed by atoms with Crippen LogP contribution in [0.1, 0.15) is 21.5 Å². The molecule has 0 bridgehead atoms. The van der Waals surface area contributed by atoms with Crippen LogP contribution in [-0.4, -0.2) is 31.6 Å². The fourth-order valence-electron chi connectivity index (χ4n) is 3.24. The van der Waals surface area contributed by atoms with E-state index in [0.29, 0.717) is 34.5 Å². The number of hydrogen-bond donors (Lipinski definition) is 0. The first-order chi connectivity index (χ1) is 14.9. The Bertz CT molecular complexity index is 1070. The number of nitrogens with zero attached hydrogens (tertiary/aromatic N) is 1. The molecule has 0 saturated heterocycles. The molecule has 0 aliphatic heterocycles. The molecule has 162 valence electrons. The minimum Gasteiger partial charge on any atom is -0.493 e. The standard InChI is InChI=1S/C24H22Cl2FNO3/c1-30-22-10-7-16(13-23(22)31-2)15-28(24(29)19-5-3-4-6-21(19)27)12-11-17-8-9-18(25)14-20(17)26/h3-10,13-14H,11-12,15H2,1-2H3. The van der Waals surface area contributed by atoms with Gasteiger partial charge in [0.25, 0.3) is 5.91 Å². The SMILES string of the molecule is COc1ccc(CN(CCc2ccc(Cl)cc2Cl)C(=O)c2ccccc2F)cc1OC. The van der Waals surface area contributed by atoms with Crippen LogP contribution in [-0.2, 0) is 13.0 Å². The molecule has 31 heavy (non-hydrogen) atoms. The van der Waals surface area contributed by atoms with E-state index in [2.05, 4.69) is 0 Å². The highest BCUT2D eigenvalue weighted by Gasteiger charge is 2.20. The molecular formula is C24H22Cl2FNO3. The van der Waals surface area contributed by atoms with E-state index in [0.717, 1.165) is 11.1 Å². The smallest absolute Gasteiger partial charge is 0.257 e. The molecule has 0 N–H and O–H groups in total. The van der Waals surface area contributed by atoms with Gasteiger partial charge < -0.3 is 14.4 Å². The van der Waals surface area contributed by atoms with Crippen LogP contribution in [0.4, 0.5) is 4.39 Å². The number of rotatable bonds is 8. The van der Waals surface area contributed by atoms with Gasteiger partial charge in [-0.2, -0.15) is 0 Å². The van der Waals surface area contributed by atoms with Gasteiger partial charge in [-0.25, -0.2) is 4.39 Å². The first kappa shape index (κ1) is 22.9. The molecule has 0 fully saturated rings. The van der Waals surface area contributed by atoms with Crippen molar-refractivity contribution >= 4 is 29.1 Å². The predicted molar refractivity (Wildman–Crippen MR) is 121 cm³/mol. The van der Waals surface area contributed by atoms with Gasteiger partial charge in [0.05, 0.1) is 19.8 Å². The molecule has 0 unspecified atom stereocenters. The van der Waals surface area contributed by atoms with Gasteiger partial charge in [-0.3, -0.25) is 4.79 Å². The fourth-order valence-corrected chi connectivity index (χ4v) is 3.74. The monoisotopic (exact) mass is 461 g/mol. The van der Waals surface area contributed by atoms with E-state index in [-0.39, 0.29) is 12.1 Å². The molecule has 3 aromatic carbocycles. The first-order valence-corrected chi connectivity index (χ1v) is 10.4. The van der Waals surface area contributed by atoms with Crippen molar-refractivity contribution in [3.63, 3.8) is 0 Å². The summed E-state index contributed by atoms with van der Waals surface area (Å²) < 4.78 is 24.9. The molecule has 0 aromatic heterocycles. The van der Waals surface area contributed by atoms with Crippen molar-refractivity contribution in [2.45, 2.75) is 13.0 Å². The lowest BCUT2D eigenvalue weighted by Gasteiger charge is -2.24. The lowest BCUT2D eigenvalue weighted by atomic mass is 10.1. The summed E-state index contributed by atoms with van der Waals surface area (Å²) in [5.74, 6) is 0.178. The Balaban J connectivity index is 1.88. The highest BCUT2D eigenvalue weighted by atomic mass is 35.5. The molecule has 0 aliphatic carbocycles. The minimum atomic E-state index is -0.561. The zero-order valence-corrected chi connectivity index (χ0v) is 18.7. The summed E-state index contributed by atoms with van der Waals surface area (Å²) in [7, 11) is 3.10. The molecule has 0 atom stereocenters. The first-order valence-electron chi connectivity index (χ1n) is 9.61. The van der Waals surface area contributed by atoms with E-state index in [1.807, 2.05) is 12.1 Å². The zero-order chi connectivity index (χ0) is 22.4. The molecule has 3 rings (SSSR count). The molecule has 3 aromatic rings. The summed E-state index contributed by atoms with van der Waals surface area (Å²) in [6.07, 6.45) is 0.490. The third-order valence-corrected chi connectivity index (χ3v) is 5.47. The van der Waals surface area contributed by atoms with Gasteiger partial charge in [0, 0.05) is 23.1 Å². The third kappa shape index (κ3) is 5.69. The van der Waals surface area contributed by atoms with E-state index < -0.39 is 11.7 Å². The number of amides is 1. The van der Waals surface area contributed by atoms with Gasteiger partial charge in [-0.05, 0) is 53.9 Å². The van der Waals surface area contributed by atoms with Crippen molar-refractivity contribution in [2.24, 2.45) is 0 Å². The van der Waals surface area contributed by atoms with Crippen LogP contribution in [0.5, 0.6) is 11.5 Å². The van der Waals surface area contributed by atoms with Crippen molar-refractivity contribution in [1.82, 2.24) is 4.90 Å². The Kier molecular flexibility index (Phi) is 7.77. The second-order valence-corrected chi connectivity index (χ2v) is 7.73. The Morgan fingerprint density at radius 3 is 2.39 bits per heavy atom. The topological polar surface area (TPSA) is 38.8 Å². The van der Waals surface area contributed by atoms with Crippen LogP contribution in [0.2, 0.25) is 10.0 Å². The third-order valence-electron chi connectivity index (χ3n) is 4.88. The van der Waals surface area contributed by atoms with E-state index in [4.69, 9.17) is 32.7 Å². The largest absolute Gasteiger partial charge is 0.493 e. The van der Waals surface area contributed by atoms with Crippen molar-refractivity contribution < 1.29 is 18.7 Å². The van der Waals surface area contributed by atoms with Crippen LogP contribution in [0.15, 0.2) is 60.7 Å². The molecule has 0 heterocycles. The van der Waals surface area contributed by atoms with Gasteiger partial charge >= 0.3 is 0 Å². The van der Waals surface area contributed by atoms with Crippen LogP contribution >= 0.6 is 23.2 Å². The minimum absolute atomic E-state index is 0.0187. The Labute approximate surface area is 191 Å². The summed E-state index contributed by atoms with van der Waals surface area (Å²) >= 11 is 12.3. The van der Waals surface area contributed by atoms with Gasteiger partial charge in [0.2, 0.25) is 0 Å². The molecule has 0 saturated carbocycles.